The van der Waals surface area contributed by atoms with Gasteiger partial charge in [0.1, 0.15) is 5.54 Å². The minimum absolute atomic E-state index is 0.144. The first kappa shape index (κ1) is 17.9. The van der Waals surface area contributed by atoms with Gasteiger partial charge < -0.3 is 5.11 Å². The fourth-order valence-corrected chi connectivity index (χ4v) is 5.49. The van der Waals surface area contributed by atoms with Gasteiger partial charge in [-0.15, -0.1) is 11.3 Å². The number of imide groups is 1. The van der Waals surface area contributed by atoms with E-state index in [-0.39, 0.29) is 18.4 Å². The predicted octanol–water partition coefficient (Wildman–Crippen LogP) is 0.702. The Morgan fingerprint density at radius 1 is 1.21 bits per heavy atom. The van der Waals surface area contributed by atoms with Crippen LogP contribution in [0.15, 0.2) is 42.0 Å². The molecule has 2 atom stereocenters. The zero-order valence-corrected chi connectivity index (χ0v) is 16.2. The summed E-state index contributed by atoms with van der Waals surface area (Å²) < 4.78 is 0. The van der Waals surface area contributed by atoms with Crippen molar-refractivity contribution in [2.75, 3.05) is 19.6 Å². The van der Waals surface area contributed by atoms with Crippen molar-refractivity contribution in [1.82, 2.24) is 19.7 Å². The SMILES string of the molecule is O=C1[C@@H]2C[C@@H](O)CN2C2(CN(Cc3cccs3)C2)C(=O)N1Cc1cccnc1. The fraction of sp³-hybridized carbons (Fsp3) is 0.450. The van der Waals surface area contributed by atoms with E-state index >= 15 is 0 Å². The maximum absolute atomic E-state index is 13.5. The highest BCUT2D eigenvalue weighted by Crippen LogP contribution is 2.41. The number of rotatable bonds is 4. The molecule has 2 aromatic rings. The minimum Gasteiger partial charge on any atom is -0.392 e. The Morgan fingerprint density at radius 2 is 2.07 bits per heavy atom. The van der Waals surface area contributed by atoms with Crippen LogP contribution in [0.5, 0.6) is 0 Å². The zero-order chi connectivity index (χ0) is 19.3. The number of likely N-dealkylation sites (tertiary alicyclic amines) is 1. The molecule has 1 N–H and O–H groups in total. The number of aromatic nitrogens is 1. The first-order valence-corrected chi connectivity index (χ1v) is 10.4. The van der Waals surface area contributed by atoms with Crippen LogP contribution in [0.1, 0.15) is 16.9 Å². The van der Waals surface area contributed by atoms with E-state index in [2.05, 4.69) is 21.3 Å². The highest BCUT2D eigenvalue weighted by molar-refractivity contribution is 7.09. The Kier molecular flexibility index (Phi) is 4.31. The van der Waals surface area contributed by atoms with E-state index in [1.807, 2.05) is 23.1 Å². The molecule has 0 saturated carbocycles. The van der Waals surface area contributed by atoms with Gasteiger partial charge in [-0.05, 0) is 29.5 Å². The van der Waals surface area contributed by atoms with Gasteiger partial charge in [0.25, 0.3) is 5.91 Å². The number of aliphatic hydroxyl groups is 1. The monoisotopic (exact) mass is 398 g/mol. The first-order valence-electron chi connectivity index (χ1n) is 9.51. The Bertz CT molecular complexity index is 882. The summed E-state index contributed by atoms with van der Waals surface area (Å²) in [7, 11) is 0. The van der Waals surface area contributed by atoms with Crippen LogP contribution in [0.3, 0.4) is 0 Å². The molecular weight excluding hydrogens is 376 g/mol. The van der Waals surface area contributed by atoms with E-state index in [4.69, 9.17) is 0 Å². The number of piperazine rings is 1. The van der Waals surface area contributed by atoms with E-state index < -0.39 is 17.7 Å². The Balaban J connectivity index is 1.41. The third kappa shape index (κ3) is 2.79. The minimum atomic E-state index is -0.713. The van der Waals surface area contributed by atoms with E-state index in [0.717, 1.165) is 12.1 Å². The van der Waals surface area contributed by atoms with Crippen LogP contribution in [-0.2, 0) is 22.7 Å². The predicted molar refractivity (Wildman–Crippen MR) is 103 cm³/mol. The fourth-order valence-electron chi connectivity index (χ4n) is 4.74. The number of thiophene rings is 1. The number of carbonyl (C=O) groups excluding carboxylic acids is 2. The molecule has 0 radical (unpaired) electrons. The van der Waals surface area contributed by atoms with Crippen molar-refractivity contribution in [3.05, 3.63) is 52.5 Å². The van der Waals surface area contributed by atoms with Crippen molar-refractivity contribution in [2.45, 2.75) is 37.2 Å². The summed E-state index contributed by atoms with van der Waals surface area (Å²) in [6.45, 7) is 2.60. The van der Waals surface area contributed by atoms with Crippen LogP contribution in [0, 0.1) is 0 Å². The van der Waals surface area contributed by atoms with E-state index in [1.165, 1.54) is 9.78 Å². The van der Waals surface area contributed by atoms with Crippen molar-refractivity contribution in [3.8, 4) is 0 Å². The average Bonchev–Trinajstić information content (AvgIpc) is 3.31. The topological polar surface area (TPSA) is 77.0 Å². The number of fused-ring (bicyclic) bond motifs is 2. The lowest BCUT2D eigenvalue weighted by atomic mass is 9.82. The van der Waals surface area contributed by atoms with Gasteiger partial charge >= 0.3 is 0 Å². The molecule has 0 aromatic carbocycles. The van der Waals surface area contributed by atoms with E-state index in [1.54, 1.807) is 23.7 Å². The summed E-state index contributed by atoms with van der Waals surface area (Å²) in [4.78, 5) is 37.5. The van der Waals surface area contributed by atoms with Gasteiger partial charge in [0.15, 0.2) is 0 Å². The van der Waals surface area contributed by atoms with Gasteiger partial charge in [0.05, 0.1) is 18.7 Å². The number of amides is 2. The molecule has 8 heteroatoms. The van der Waals surface area contributed by atoms with Crippen molar-refractivity contribution in [1.29, 1.82) is 0 Å². The molecule has 3 fully saturated rings. The smallest absolute Gasteiger partial charge is 0.252 e. The Labute approximate surface area is 167 Å². The summed E-state index contributed by atoms with van der Waals surface area (Å²) in [5.41, 5.74) is 0.122. The second kappa shape index (κ2) is 6.73. The number of aliphatic hydroxyl groups excluding tert-OH is 1. The van der Waals surface area contributed by atoms with Crippen molar-refractivity contribution in [3.63, 3.8) is 0 Å². The molecule has 3 aliphatic rings. The van der Waals surface area contributed by atoms with Crippen LogP contribution in [-0.4, -0.2) is 73.9 Å². The average molecular weight is 398 g/mol. The van der Waals surface area contributed by atoms with Crippen LogP contribution in [0.4, 0.5) is 0 Å². The highest BCUT2D eigenvalue weighted by atomic mass is 32.1. The standard InChI is InChI=1S/C20H22N4O3S/c25-15-7-17-18(26)23(9-14-3-1-5-21-8-14)19(27)20(24(17)10-15)12-22(13-20)11-16-4-2-6-28-16/h1-6,8,15,17,25H,7,9-13H2/t15-,17+/m1/s1. The summed E-state index contributed by atoms with van der Waals surface area (Å²) in [6, 6.07) is 7.39. The maximum atomic E-state index is 13.5. The van der Waals surface area contributed by atoms with Crippen molar-refractivity contribution < 1.29 is 14.7 Å². The van der Waals surface area contributed by atoms with Crippen molar-refractivity contribution in [2.24, 2.45) is 0 Å². The third-order valence-electron chi connectivity index (χ3n) is 6.02. The molecule has 0 unspecified atom stereocenters. The lowest BCUT2D eigenvalue weighted by molar-refractivity contribution is -0.181. The molecule has 7 nitrogen and oxygen atoms in total. The summed E-state index contributed by atoms with van der Waals surface area (Å²) in [5, 5.41) is 12.3. The van der Waals surface area contributed by atoms with Crippen LogP contribution in [0.2, 0.25) is 0 Å². The number of carbonyl (C=O) groups is 2. The number of hydrogen-bond donors (Lipinski definition) is 1. The van der Waals surface area contributed by atoms with Crippen LogP contribution < -0.4 is 0 Å². The molecule has 3 saturated heterocycles. The summed E-state index contributed by atoms with van der Waals surface area (Å²) >= 11 is 1.71. The third-order valence-corrected chi connectivity index (χ3v) is 6.88. The normalized spacial score (nSPS) is 27.2. The molecule has 0 aliphatic carbocycles. The number of hydrogen-bond acceptors (Lipinski definition) is 7. The van der Waals surface area contributed by atoms with Gasteiger partial charge in [-0.3, -0.25) is 29.3 Å². The lowest BCUT2D eigenvalue weighted by Crippen LogP contribution is -2.81. The van der Waals surface area contributed by atoms with Gasteiger partial charge in [0, 0.05) is 43.4 Å². The Hall–Kier alpha value is -2.13. The lowest BCUT2D eigenvalue weighted by Gasteiger charge is -2.58. The van der Waals surface area contributed by atoms with Gasteiger partial charge in [-0.1, -0.05) is 12.1 Å². The van der Waals surface area contributed by atoms with E-state index in [0.29, 0.717) is 26.1 Å². The highest BCUT2D eigenvalue weighted by Gasteiger charge is 2.64. The second-order valence-corrected chi connectivity index (χ2v) is 8.94. The quantitative estimate of drug-likeness (QED) is 0.764. The van der Waals surface area contributed by atoms with Crippen LogP contribution >= 0.6 is 11.3 Å². The largest absolute Gasteiger partial charge is 0.392 e. The first-order chi connectivity index (χ1) is 13.6. The van der Waals surface area contributed by atoms with Gasteiger partial charge in [-0.2, -0.15) is 0 Å². The van der Waals surface area contributed by atoms with Crippen molar-refractivity contribution >= 4 is 23.2 Å². The summed E-state index contributed by atoms with van der Waals surface area (Å²) in [6.07, 6.45) is 3.19. The molecule has 1 spiro atoms. The second-order valence-electron chi connectivity index (χ2n) is 7.90. The molecule has 5 rings (SSSR count). The molecular formula is C20H22N4O3S. The molecule has 0 bridgehead atoms. The molecule has 2 aromatic heterocycles. The summed E-state index contributed by atoms with van der Waals surface area (Å²) in [5.74, 6) is -0.345. The number of β-amino-alcohol motifs (C(OH)–C–C–N with tert-alkyl or cyclic N) is 1. The molecule has 146 valence electrons. The molecule has 3 aliphatic heterocycles. The van der Waals surface area contributed by atoms with Gasteiger partial charge in [-0.25, -0.2) is 0 Å². The molecule has 5 heterocycles. The zero-order valence-electron chi connectivity index (χ0n) is 15.4. The number of nitrogens with zero attached hydrogens (tertiary/aromatic N) is 4. The van der Waals surface area contributed by atoms with E-state index in [9.17, 15) is 14.7 Å². The molecule has 2 amide bonds. The Morgan fingerprint density at radius 3 is 2.79 bits per heavy atom. The number of pyridine rings is 1. The van der Waals surface area contributed by atoms with Gasteiger partial charge in [0.2, 0.25) is 5.91 Å². The molecule has 28 heavy (non-hydrogen) atoms. The van der Waals surface area contributed by atoms with Crippen LogP contribution in [0.25, 0.3) is 0 Å². The maximum Gasteiger partial charge on any atom is 0.252 e.